The van der Waals surface area contributed by atoms with E-state index in [1.54, 1.807) is 30.3 Å². The Labute approximate surface area is 147 Å². The van der Waals surface area contributed by atoms with Crippen LogP contribution in [0.5, 0.6) is 0 Å². The average molecular weight is 425 g/mol. The second-order valence-electron chi connectivity index (χ2n) is 4.83. The van der Waals surface area contributed by atoms with Gasteiger partial charge in [0.25, 0.3) is 0 Å². The third-order valence-corrected chi connectivity index (χ3v) is 7.05. The molecule has 0 saturated heterocycles. The van der Waals surface area contributed by atoms with E-state index in [0.717, 1.165) is 20.7 Å². The standard InChI is InChI=1S/C14H15BrClNO3S2/c1-14(20-2,10-4-3-5-11(16)8-10)9-17-22(18,19)13-7-6-12(15)21-13/h3-8,17H,9H2,1-2H3/t14-/m0/s1. The number of methoxy groups -OCH3 is 1. The van der Waals surface area contributed by atoms with Gasteiger partial charge in [0.1, 0.15) is 9.81 Å². The fourth-order valence-corrected chi connectivity index (χ4v) is 5.23. The molecule has 0 aliphatic rings. The van der Waals surface area contributed by atoms with E-state index in [1.807, 2.05) is 13.0 Å². The highest BCUT2D eigenvalue weighted by Crippen LogP contribution is 2.29. The van der Waals surface area contributed by atoms with E-state index in [-0.39, 0.29) is 10.8 Å². The van der Waals surface area contributed by atoms with Gasteiger partial charge in [-0.05, 0) is 52.7 Å². The zero-order valence-corrected chi connectivity index (χ0v) is 15.9. The summed E-state index contributed by atoms with van der Waals surface area (Å²) in [5.41, 5.74) is -0.00974. The van der Waals surface area contributed by atoms with E-state index in [4.69, 9.17) is 16.3 Å². The summed E-state index contributed by atoms with van der Waals surface area (Å²) in [7, 11) is -2.04. The Kier molecular flexibility index (Phi) is 5.68. The van der Waals surface area contributed by atoms with Crippen LogP contribution in [-0.4, -0.2) is 22.1 Å². The van der Waals surface area contributed by atoms with Gasteiger partial charge in [-0.3, -0.25) is 0 Å². The van der Waals surface area contributed by atoms with Crippen LogP contribution in [0.25, 0.3) is 0 Å². The molecule has 4 nitrogen and oxygen atoms in total. The van der Waals surface area contributed by atoms with Crippen LogP contribution in [0.4, 0.5) is 0 Å². The summed E-state index contributed by atoms with van der Waals surface area (Å²) in [4.78, 5) is 0. The minimum Gasteiger partial charge on any atom is -0.372 e. The quantitative estimate of drug-likeness (QED) is 0.762. The van der Waals surface area contributed by atoms with Gasteiger partial charge in [0.05, 0.1) is 3.79 Å². The zero-order valence-electron chi connectivity index (χ0n) is 12.0. The Morgan fingerprint density at radius 2 is 2.09 bits per heavy atom. The molecule has 0 amide bonds. The summed E-state index contributed by atoms with van der Waals surface area (Å²) >= 11 is 10.4. The molecule has 8 heteroatoms. The van der Waals surface area contributed by atoms with Crippen molar-refractivity contribution in [2.45, 2.75) is 16.7 Å². The molecular formula is C14H15BrClNO3S2. The lowest BCUT2D eigenvalue weighted by molar-refractivity contribution is 0.00700. The lowest BCUT2D eigenvalue weighted by Crippen LogP contribution is -2.39. The zero-order chi connectivity index (χ0) is 16.4. The molecule has 120 valence electrons. The van der Waals surface area contributed by atoms with Crippen molar-refractivity contribution in [2.24, 2.45) is 0 Å². The summed E-state index contributed by atoms with van der Waals surface area (Å²) in [6, 6.07) is 10.4. The van der Waals surface area contributed by atoms with Crippen LogP contribution < -0.4 is 4.72 Å². The number of thiophene rings is 1. The molecule has 1 N–H and O–H groups in total. The topological polar surface area (TPSA) is 55.4 Å². The van der Waals surface area contributed by atoms with Gasteiger partial charge in [-0.25, -0.2) is 13.1 Å². The third-order valence-electron chi connectivity index (χ3n) is 3.30. The summed E-state index contributed by atoms with van der Waals surface area (Å²) in [6.07, 6.45) is 0. The maximum Gasteiger partial charge on any atom is 0.250 e. The molecule has 0 aliphatic carbocycles. The molecule has 0 aliphatic heterocycles. The predicted molar refractivity (Wildman–Crippen MR) is 93.0 cm³/mol. The lowest BCUT2D eigenvalue weighted by atomic mass is 9.96. The molecule has 2 aromatic rings. The first-order valence-corrected chi connectivity index (χ1v) is 9.80. The first-order valence-electron chi connectivity index (χ1n) is 6.33. The largest absolute Gasteiger partial charge is 0.372 e. The van der Waals surface area contributed by atoms with E-state index in [9.17, 15) is 8.42 Å². The van der Waals surface area contributed by atoms with E-state index < -0.39 is 15.6 Å². The number of hydrogen-bond acceptors (Lipinski definition) is 4. The van der Waals surface area contributed by atoms with Crippen molar-refractivity contribution in [1.82, 2.24) is 4.72 Å². The van der Waals surface area contributed by atoms with Crippen molar-refractivity contribution >= 4 is 48.9 Å². The Morgan fingerprint density at radius 1 is 1.36 bits per heavy atom. The lowest BCUT2D eigenvalue weighted by Gasteiger charge is -2.29. The minimum absolute atomic E-state index is 0.0989. The van der Waals surface area contributed by atoms with E-state index in [0.29, 0.717) is 5.02 Å². The number of nitrogens with one attached hydrogen (secondary N) is 1. The Bertz CT molecular complexity index is 763. The molecular weight excluding hydrogens is 410 g/mol. The Hall–Kier alpha value is -0.440. The Balaban J connectivity index is 2.20. The summed E-state index contributed by atoms with van der Waals surface area (Å²) < 4.78 is 33.7. The molecule has 22 heavy (non-hydrogen) atoms. The maximum absolute atomic E-state index is 12.3. The normalized spacial score (nSPS) is 14.7. The molecule has 2 rings (SSSR count). The van der Waals surface area contributed by atoms with Gasteiger partial charge < -0.3 is 4.74 Å². The highest BCUT2D eigenvalue weighted by Gasteiger charge is 2.29. The van der Waals surface area contributed by atoms with Gasteiger partial charge in [0.15, 0.2) is 0 Å². The Morgan fingerprint density at radius 3 is 2.64 bits per heavy atom. The van der Waals surface area contributed by atoms with Crippen LogP contribution in [-0.2, 0) is 20.4 Å². The molecule has 0 fully saturated rings. The summed E-state index contributed by atoms with van der Waals surface area (Å²) in [6.45, 7) is 1.91. The molecule has 1 atom stereocenters. The molecule has 0 spiro atoms. The number of benzene rings is 1. The van der Waals surface area contributed by atoms with Crippen molar-refractivity contribution in [3.05, 3.63) is 50.8 Å². The third kappa shape index (κ3) is 4.10. The molecule has 0 unspecified atom stereocenters. The van der Waals surface area contributed by atoms with Crippen molar-refractivity contribution in [3.63, 3.8) is 0 Å². The summed E-state index contributed by atoms with van der Waals surface area (Å²) in [5, 5.41) is 0.575. The molecule has 1 aromatic carbocycles. The molecule has 0 bridgehead atoms. The fraction of sp³-hybridized carbons (Fsp3) is 0.286. The van der Waals surface area contributed by atoms with Crippen molar-refractivity contribution in [1.29, 1.82) is 0 Å². The number of ether oxygens (including phenoxy) is 1. The van der Waals surface area contributed by atoms with Gasteiger partial charge in [-0.1, -0.05) is 23.7 Å². The van der Waals surface area contributed by atoms with Crippen molar-refractivity contribution < 1.29 is 13.2 Å². The van der Waals surface area contributed by atoms with E-state index in [2.05, 4.69) is 20.7 Å². The minimum atomic E-state index is -3.58. The highest BCUT2D eigenvalue weighted by atomic mass is 79.9. The summed E-state index contributed by atoms with van der Waals surface area (Å²) in [5.74, 6) is 0. The van der Waals surface area contributed by atoms with Crippen LogP contribution >= 0.6 is 38.9 Å². The fourth-order valence-electron chi connectivity index (χ4n) is 1.86. The second kappa shape index (κ2) is 6.98. The second-order valence-corrected chi connectivity index (χ2v) is 9.72. The average Bonchev–Trinajstić information content (AvgIpc) is 2.92. The molecule has 0 saturated carbocycles. The number of halogens is 2. The SMILES string of the molecule is CO[C@@](C)(CNS(=O)(=O)c1ccc(Br)s1)c1cccc(Cl)c1. The molecule has 1 aromatic heterocycles. The number of hydrogen-bond donors (Lipinski definition) is 1. The number of sulfonamides is 1. The van der Waals surface area contributed by atoms with Gasteiger partial charge in [-0.15, -0.1) is 11.3 Å². The molecule has 0 radical (unpaired) electrons. The van der Waals surface area contributed by atoms with Gasteiger partial charge in [0, 0.05) is 18.7 Å². The van der Waals surface area contributed by atoms with Gasteiger partial charge in [-0.2, -0.15) is 0 Å². The van der Waals surface area contributed by atoms with Crippen LogP contribution in [0.3, 0.4) is 0 Å². The first kappa shape index (κ1) is 17.9. The maximum atomic E-state index is 12.3. The highest BCUT2D eigenvalue weighted by molar-refractivity contribution is 9.11. The van der Waals surface area contributed by atoms with Crippen molar-refractivity contribution in [2.75, 3.05) is 13.7 Å². The number of rotatable bonds is 6. The van der Waals surface area contributed by atoms with Crippen LogP contribution in [0.1, 0.15) is 12.5 Å². The molecule has 1 heterocycles. The predicted octanol–water partition coefficient (Wildman–Crippen LogP) is 4.00. The first-order chi connectivity index (χ1) is 10.3. The van der Waals surface area contributed by atoms with Crippen molar-refractivity contribution in [3.8, 4) is 0 Å². The van der Waals surface area contributed by atoms with Crippen LogP contribution in [0, 0.1) is 0 Å². The smallest absolute Gasteiger partial charge is 0.250 e. The van der Waals surface area contributed by atoms with Crippen LogP contribution in [0.15, 0.2) is 44.4 Å². The monoisotopic (exact) mass is 423 g/mol. The van der Waals surface area contributed by atoms with Crippen LogP contribution in [0.2, 0.25) is 5.02 Å². The van der Waals surface area contributed by atoms with Gasteiger partial charge in [0.2, 0.25) is 10.0 Å². The van der Waals surface area contributed by atoms with E-state index in [1.165, 1.54) is 7.11 Å². The van der Waals surface area contributed by atoms with Gasteiger partial charge >= 0.3 is 0 Å². The van der Waals surface area contributed by atoms with E-state index >= 15 is 0 Å².